The molecule has 126 valence electrons. The molecule has 0 saturated carbocycles. The highest BCUT2D eigenvalue weighted by molar-refractivity contribution is 6.35. The zero-order valence-corrected chi connectivity index (χ0v) is 14.3. The third-order valence-corrected chi connectivity index (χ3v) is 4.09. The summed E-state index contributed by atoms with van der Waals surface area (Å²) in [6.45, 7) is 1.94. The van der Waals surface area contributed by atoms with Crippen molar-refractivity contribution in [2.45, 2.75) is 6.04 Å². The summed E-state index contributed by atoms with van der Waals surface area (Å²) >= 11 is 11.9. The molecule has 0 radical (unpaired) electrons. The van der Waals surface area contributed by atoms with Crippen LogP contribution >= 0.6 is 23.2 Å². The standard InChI is InChI=1S/C15H19Cl2N3O3/c1-23-9-13(18)15(22)20-4-2-19(3-5-20)14(21)10-6-11(16)8-12(17)7-10/h6-8,13H,2-5,9,18H2,1H3. The molecule has 1 atom stereocenters. The Balaban J connectivity index is 1.96. The van der Waals surface area contributed by atoms with Crippen molar-refractivity contribution in [2.75, 3.05) is 39.9 Å². The van der Waals surface area contributed by atoms with Gasteiger partial charge in [0, 0.05) is 48.9 Å². The minimum Gasteiger partial charge on any atom is -0.383 e. The second-order valence-electron chi connectivity index (χ2n) is 5.34. The summed E-state index contributed by atoms with van der Waals surface area (Å²) in [6, 6.07) is 4.08. The zero-order chi connectivity index (χ0) is 17.0. The van der Waals surface area contributed by atoms with Crippen molar-refractivity contribution in [1.82, 2.24) is 9.80 Å². The van der Waals surface area contributed by atoms with Gasteiger partial charge in [-0.1, -0.05) is 23.2 Å². The molecule has 0 spiro atoms. The van der Waals surface area contributed by atoms with Crippen LogP contribution in [0.5, 0.6) is 0 Å². The summed E-state index contributed by atoms with van der Waals surface area (Å²) in [5.74, 6) is -0.313. The third kappa shape index (κ3) is 4.57. The van der Waals surface area contributed by atoms with Crippen LogP contribution in [0.2, 0.25) is 10.0 Å². The number of hydrogen-bond acceptors (Lipinski definition) is 4. The van der Waals surface area contributed by atoms with Crippen molar-refractivity contribution in [3.05, 3.63) is 33.8 Å². The van der Waals surface area contributed by atoms with Crippen LogP contribution in [0, 0.1) is 0 Å². The van der Waals surface area contributed by atoms with Gasteiger partial charge in [-0.05, 0) is 18.2 Å². The van der Waals surface area contributed by atoms with E-state index in [1.165, 1.54) is 7.11 Å². The highest BCUT2D eigenvalue weighted by Crippen LogP contribution is 2.20. The normalized spacial score (nSPS) is 16.3. The Hall–Kier alpha value is -1.34. The summed E-state index contributed by atoms with van der Waals surface area (Å²) in [4.78, 5) is 27.9. The molecule has 1 fully saturated rings. The Kier molecular flexibility index (Phi) is 6.24. The van der Waals surface area contributed by atoms with Crippen molar-refractivity contribution in [1.29, 1.82) is 0 Å². The molecule has 1 unspecified atom stereocenters. The van der Waals surface area contributed by atoms with Crippen LogP contribution in [0.1, 0.15) is 10.4 Å². The molecular formula is C15H19Cl2N3O3. The minimum absolute atomic E-state index is 0.150. The number of nitrogens with two attached hydrogens (primary N) is 1. The van der Waals surface area contributed by atoms with Crippen molar-refractivity contribution < 1.29 is 14.3 Å². The van der Waals surface area contributed by atoms with Crippen LogP contribution in [0.4, 0.5) is 0 Å². The molecule has 0 bridgehead atoms. The van der Waals surface area contributed by atoms with Gasteiger partial charge in [-0.3, -0.25) is 9.59 Å². The molecule has 0 aromatic heterocycles. The van der Waals surface area contributed by atoms with Crippen LogP contribution in [-0.2, 0) is 9.53 Å². The molecule has 2 N–H and O–H groups in total. The second-order valence-corrected chi connectivity index (χ2v) is 6.21. The number of ether oxygens (including phenoxy) is 1. The van der Waals surface area contributed by atoms with Crippen LogP contribution in [0.3, 0.4) is 0 Å². The zero-order valence-electron chi connectivity index (χ0n) is 12.8. The summed E-state index contributed by atoms with van der Waals surface area (Å²) in [5.41, 5.74) is 6.19. The van der Waals surface area contributed by atoms with Crippen molar-refractivity contribution in [2.24, 2.45) is 5.73 Å². The molecule has 2 amide bonds. The summed E-state index contributed by atoms with van der Waals surface area (Å²) in [6.07, 6.45) is 0. The molecule has 1 aromatic rings. The monoisotopic (exact) mass is 359 g/mol. The molecule has 1 aliphatic rings. The van der Waals surface area contributed by atoms with Crippen molar-refractivity contribution >= 4 is 35.0 Å². The Labute approximate surface area is 145 Å². The van der Waals surface area contributed by atoms with Gasteiger partial charge in [-0.25, -0.2) is 0 Å². The number of piperazine rings is 1. The molecule has 1 heterocycles. The average molecular weight is 360 g/mol. The van der Waals surface area contributed by atoms with E-state index in [1.54, 1.807) is 28.0 Å². The molecule has 1 aromatic carbocycles. The molecule has 2 rings (SSSR count). The maximum absolute atomic E-state index is 12.5. The Bertz CT molecular complexity index is 569. The van der Waals surface area contributed by atoms with E-state index in [4.69, 9.17) is 33.7 Å². The van der Waals surface area contributed by atoms with Crippen LogP contribution in [-0.4, -0.2) is 67.6 Å². The second kappa shape index (κ2) is 7.97. The van der Waals surface area contributed by atoms with Crippen LogP contribution in [0.15, 0.2) is 18.2 Å². The van der Waals surface area contributed by atoms with Crippen LogP contribution < -0.4 is 5.73 Å². The number of benzene rings is 1. The van der Waals surface area contributed by atoms with Crippen LogP contribution in [0.25, 0.3) is 0 Å². The number of nitrogens with zero attached hydrogens (tertiary/aromatic N) is 2. The largest absolute Gasteiger partial charge is 0.383 e. The van der Waals surface area contributed by atoms with E-state index in [-0.39, 0.29) is 18.4 Å². The maximum Gasteiger partial charge on any atom is 0.254 e. The van der Waals surface area contributed by atoms with E-state index in [2.05, 4.69) is 0 Å². The lowest BCUT2D eigenvalue weighted by Gasteiger charge is -2.35. The average Bonchev–Trinajstić information content (AvgIpc) is 2.53. The smallest absolute Gasteiger partial charge is 0.254 e. The molecule has 1 aliphatic heterocycles. The fourth-order valence-corrected chi connectivity index (χ4v) is 3.00. The van der Waals surface area contributed by atoms with Gasteiger partial charge in [-0.2, -0.15) is 0 Å². The number of rotatable bonds is 4. The molecule has 8 heteroatoms. The first-order valence-corrected chi connectivity index (χ1v) is 7.96. The minimum atomic E-state index is -0.672. The third-order valence-electron chi connectivity index (χ3n) is 3.65. The number of hydrogen-bond donors (Lipinski definition) is 1. The summed E-state index contributed by atoms with van der Waals surface area (Å²) in [7, 11) is 1.50. The number of methoxy groups -OCH3 is 1. The van der Waals surface area contributed by atoms with Gasteiger partial charge in [0.15, 0.2) is 0 Å². The Morgan fingerprint density at radius 2 is 1.65 bits per heavy atom. The number of amides is 2. The molecule has 0 aliphatic carbocycles. The Morgan fingerprint density at radius 3 is 2.17 bits per heavy atom. The first-order valence-electron chi connectivity index (χ1n) is 7.21. The molecule has 23 heavy (non-hydrogen) atoms. The highest BCUT2D eigenvalue weighted by Gasteiger charge is 2.27. The molecule has 6 nitrogen and oxygen atoms in total. The predicted octanol–water partition coefficient (Wildman–Crippen LogP) is 1.25. The summed E-state index contributed by atoms with van der Waals surface area (Å²) < 4.78 is 4.89. The predicted molar refractivity (Wildman–Crippen MR) is 88.8 cm³/mol. The van der Waals surface area contributed by atoms with Gasteiger partial charge in [0.25, 0.3) is 5.91 Å². The van der Waals surface area contributed by atoms with E-state index in [0.29, 0.717) is 41.8 Å². The fourth-order valence-electron chi connectivity index (χ4n) is 2.48. The van der Waals surface area contributed by atoms with E-state index in [0.717, 1.165) is 0 Å². The van der Waals surface area contributed by atoms with E-state index in [9.17, 15) is 9.59 Å². The van der Waals surface area contributed by atoms with Gasteiger partial charge in [-0.15, -0.1) is 0 Å². The van der Waals surface area contributed by atoms with Gasteiger partial charge in [0.1, 0.15) is 6.04 Å². The SMILES string of the molecule is COCC(N)C(=O)N1CCN(C(=O)c2cc(Cl)cc(Cl)c2)CC1. The quantitative estimate of drug-likeness (QED) is 0.877. The van der Waals surface area contributed by atoms with Crippen molar-refractivity contribution in [3.8, 4) is 0 Å². The number of carbonyl (C=O) groups is 2. The summed E-state index contributed by atoms with van der Waals surface area (Å²) in [5, 5.41) is 0.834. The van der Waals surface area contributed by atoms with Gasteiger partial charge < -0.3 is 20.3 Å². The van der Waals surface area contributed by atoms with Crippen molar-refractivity contribution in [3.63, 3.8) is 0 Å². The lowest BCUT2D eigenvalue weighted by molar-refractivity contribution is -0.135. The van der Waals surface area contributed by atoms with Gasteiger partial charge in [0.05, 0.1) is 6.61 Å². The Morgan fingerprint density at radius 1 is 1.13 bits per heavy atom. The van der Waals surface area contributed by atoms with Gasteiger partial charge in [0.2, 0.25) is 5.91 Å². The first kappa shape index (κ1) is 18.0. The highest BCUT2D eigenvalue weighted by atomic mass is 35.5. The lowest BCUT2D eigenvalue weighted by Crippen LogP contribution is -2.55. The fraction of sp³-hybridized carbons (Fsp3) is 0.467. The maximum atomic E-state index is 12.5. The molecular weight excluding hydrogens is 341 g/mol. The lowest BCUT2D eigenvalue weighted by atomic mass is 10.1. The number of carbonyl (C=O) groups excluding carboxylic acids is 2. The topological polar surface area (TPSA) is 75.9 Å². The van der Waals surface area contributed by atoms with E-state index >= 15 is 0 Å². The number of halogens is 2. The first-order chi connectivity index (χ1) is 10.9. The van der Waals surface area contributed by atoms with E-state index in [1.807, 2.05) is 0 Å². The van der Waals surface area contributed by atoms with E-state index < -0.39 is 6.04 Å². The van der Waals surface area contributed by atoms with Gasteiger partial charge >= 0.3 is 0 Å². The molecule has 1 saturated heterocycles.